The first-order chi connectivity index (χ1) is 4.15. The molecule has 0 aromatic carbocycles. The van der Waals surface area contributed by atoms with Gasteiger partial charge >= 0.3 is 0 Å². The number of rotatable bonds is 1. The number of hydrogen-bond donors (Lipinski definition) is 0. The molecule has 0 bridgehead atoms. The minimum Gasteiger partial charge on any atom is -0.250 e. The van der Waals surface area contributed by atoms with Crippen LogP contribution >= 0.6 is 0 Å². The van der Waals surface area contributed by atoms with Crippen LogP contribution in [0.4, 0.5) is 0 Å². The van der Waals surface area contributed by atoms with Crippen molar-refractivity contribution in [3.8, 4) is 0 Å². The Balaban J connectivity index is 2.86. The molecule has 1 aliphatic rings. The Hall–Kier alpha value is -0.0500. The molecule has 0 fully saturated rings. The first-order valence-electron chi connectivity index (χ1n) is 3.34. The predicted octanol–water partition coefficient (Wildman–Crippen LogP) is 1.27. The molecule has 9 heavy (non-hydrogen) atoms. The van der Waals surface area contributed by atoms with E-state index >= 15 is 0 Å². The average molecular weight is 147 g/mol. The summed E-state index contributed by atoms with van der Waals surface area (Å²) in [5, 5.41) is 0.250. The van der Waals surface area contributed by atoms with Gasteiger partial charge in [0.05, 0.1) is 0 Å². The standard InChI is InChI=1S/C6H13NOS/c1-6(2)9(8)5-3-4-7-9/h6H,3-5H2,1-2H3. The number of nitrogens with zero attached hydrogens (tertiary/aromatic N) is 1. The minimum absolute atomic E-state index is 0.250. The van der Waals surface area contributed by atoms with Crippen molar-refractivity contribution in [2.45, 2.75) is 25.5 Å². The van der Waals surface area contributed by atoms with E-state index in [9.17, 15) is 4.21 Å². The molecule has 0 N–H and O–H groups in total. The van der Waals surface area contributed by atoms with Crippen LogP contribution in [0.25, 0.3) is 0 Å². The second-order valence-corrected chi connectivity index (χ2v) is 5.64. The molecule has 3 heteroatoms. The molecule has 1 unspecified atom stereocenters. The monoisotopic (exact) mass is 147 g/mol. The van der Waals surface area contributed by atoms with Crippen LogP contribution in [-0.2, 0) is 9.73 Å². The average Bonchev–Trinajstić information content (AvgIpc) is 2.16. The molecule has 0 radical (unpaired) electrons. The molecule has 1 rings (SSSR count). The largest absolute Gasteiger partial charge is 0.250 e. The highest BCUT2D eigenvalue weighted by Gasteiger charge is 2.17. The maximum Gasteiger partial charge on any atom is 0.0493 e. The van der Waals surface area contributed by atoms with Crippen LogP contribution in [0.5, 0.6) is 0 Å². The Kier molecular flexibility index (Phi) is 1.80. The summed E-state index contributed by atoms with van der Waals surface area (Å²) >= 11 is 0. The van der Waals surface area contributed by atoms with Crippen LogP contribution in [0.2, 0.25) is 0 Å². The zero-order valence-electron chi connectivity index (χ0n) is 5.96. The van der Waals surface area contributed by atoms with Crippen LogP contribution in [0.15, 0.2) is 4.36 Å². The second-order valence-electron chi connectivity index (χ2n) is 2.65. The van der Waals surface area contributed by atoms with E-state index in [0.717, 1.165) is 18.7 Å². The van der Waals surface area contributed by atoms with E-state index in [1.165, 1.54) is 0 Å². The third kappa shape index (κ3) is 1.26. The normalized spacial score (nSPS) is 35.0. The van der Waals surface area contributed by atoms with E-state index in [-0.39, 0.29) is 5.25 Å². The fourth-order valence-electron chi connectivity index (χ4n) is 0.940. The molecule has 0 amide bonds. The molecule has 1 heterocycles. The Labute approximate surface area is 56.8 Å². The molecule has 0 aliphatic carbocycles. The Morgan fingerprint density at radius 2 is 2.22 bits per heavy atom. The van der Waals surface area contributed by atoms with Crippen molar-refractivity contribution < 1.29 is 4.21 Å². The van der Waals surface area contributed by atoms with Gasteiger partial charge in [0.15, 0.2) is 0 Å². The quantitative estimate of drug-likeness (QED) is 0.549. The lowest BCUT2D eigenvalue weighted by molar-refractivity contribution is 0.672. The van der Waals surface area contributed by atoms with Gasteiger partial charge in [0.1, 0.15) is 0 Å². The van der Waals surface area contributed by atoms with Gasteiger partial charge in [-0.3, -0.25) is 0 Å². The highest BCUT2D eigenvalue weighted by molar-refractivity contribution is 7.94. The topological polar surface area (TPSA) is 29.4 Å². The van der Waals surface area contributed by atoms with E-state index in [1.54, 1.807) is 0 Å². The molecular formula is C6H13NOS. The van der Waals surface area contributed by atoms with Gasteiger partial charge in [-0.15, -0.1) is 0 Å². The van der Waals surface area contributed by atoms with Gasteiger partial charge in [-0.1, -0.05) is 13.8 Å². The highest BCUT2D eigenvalue weighted by atomic mass is 32.2. The van der Waals surface area contributed by atoms with Gasteiger partial charge in [0, 0.05) is 27.3 Å². The zero-order valence-corrected chi connectivity index (χ0v) is 6.78. The summed E-state index contributed by atoms with van der Waals surface area (Å²) in [5.74, 6) is 0.824. The van der Waals surface area contributed by atoms with Gasteiger partial charge < -0.3 is 0 Å². The molecular weight excluding hydrogens is 134 g/mol. The summed E-state index contributed by atoms with van der Waals surface area (Å²) in [6, 6.07) is 0. The van der Waals surface area contributed by atoms with Crippen molar-refractivity contribution in [3.63, 3.8) is 0 Å². The zero-order chi connectivity index (χ0) is 6.91. The van der Waals surface area contributed by atoms with Crippen LogP contribution in [0.3, 0.4) is 0 Å². The molecule has 2 nitrogen and oxygen atoms in total. The first kappa shape index (κ1) is 7.06. The molecule has 0 aromatic rings. The molecule has 0 saturated heterocycles. The summed E-state index contributed by atoms with van der Waals surface area (Å²) in [6.45, 7) is 4.78. The second kappa shape index (κ2) is 2.29. The van der Waals surface area contributed by atoms with E-state index in [4.69, 9.17) is 0 Å². The van der Waals surface area contributed by atoms with E-state index in [2.05, 4.69) is 4.36 Å². The van der Waals surface area contributed by atoms with Gasteiger partial charge in [-0.25, -0.2) is 8.57 Å². The van der Waals surface area contributed by atoms with E-state index in [0.29, 0.717) is 0 Å². The Morgan fingerprint density at radius 3 is 2.44 bits per heavy atom. The third-order valence-electron chi connectivity index (χ3n) is 1.64. The maximum atomic E-state index is 11.5. The van der Waals surface area contributed by atoms with Gasteiger partial charge in [-0.2, -0.15) is 0 Å². The van der Waals surface area contributed by atoms with Crippen molar-refractivity contribution >= 4 is 9.73 Å². The molecule has 0 aromatic heterocycles. The van der Waals surface area contributed by atoms with Gasteiger partial charge in [0.2, 0.25) is 0 Å². The Morgan fingerprint density at radius 1 is 1.56 bits per heavy atom. The molecule has 0 saturated carbocycles. The summed E-state index contributed by atoms with van der Waals surface area (Å²) in [5.41, 5.74) is 0. The van der Waals surface area contributed by atoms with Crippen LogP contribution in [0, 0.1) is 0 Å². The van der Waals surface area contributed by atoms with Crippen molar-refractivity contribution in [1.29, 1.82) is 0 Å². The van der Waals surface area contributed by atoms with Gasteiger partial charge in [0.25, 0.3) is 0 Å². The van der Waals surface area contributed by atoms with Crippen molar-refractivity contribution in [3.05, 3.63) is 0 Å². The molecule has 1 atom stereocenters. The lowest BCUT2D eigenvalue weighted by Gasteiger charge is -2.05. The molecule has 1 aliphatic heterocycles. The maximum absolute atomic E-state index is 11.5. The first-order valence-corrected chi connectivity index (χ1v) is 5.09. The highest BCUT2D eigenvalue weighted by Crippen LogP contribution is 2.13. The predicted molar refractivity (Wildman–Crippen MR) is 40.1 cm³/mol. The van der Waals surface area contributed by atoms with Gasteiger partial charge in [-0.05, 0) is 6.42 Å². The summed E-state index contributed by atoms with van der Waals surface area (Å²) in [6.07, 6.45) is 1.02. The van der Waals surface area contributed by atoms with E-state index in [1.807, 2.05) is 13.8 Å². The SMILES string of the molecule is CC(C)S1(=O)=NCCC1. The summed E-state index contributed by atoms with van der Waals surface area (Å²) in [7, 11) is -1.75. The summed E-state index contributed by atoms with van der Waals surface area (Å²) in [4.78, 5) is 0. The number of hydrogen-bond acceptors (Lipinski definition) is 2. The van der Waals surface area contributed by atoms with Crippen molar-refractivity contribution in [2.24, 2.45) is 4.36 Å². The van der Waals surface area contributed by atoms with Crippen molar-refractivity contribution in [1.82, 2.24) is 0 Å². The fraction of sp³-hybridized carbons (Fsp3) is 1.00. The van der Waals surface area contributed by atoms with Crippen molar-refractivity contribution in [2.75, 3.05) is 12.3 Å². The molecule has 0 spiro atoms. The lowest BCUT2D eigenvalue weighted by atomic mass is 10.5. The lowest BCUT2D eigenvalue weighted by Crippen LogP contribution is -2.13. The third-order valence-corrected chi connectivity index (χ3v) is 4.61. The molecule has 54 valence electrons. The van der Waals surface area contributed by atoms with Crippen LogP contribution in [-0.4, -0.2) is 21.8 Å². The van der Waals surface area contributed by atoms with E-state index < -0.39 is 9.73 Å². The fourth-order valence-corrected chi connectivity index (χ4v) is 2.82. The summed E-state index contributed by atoms with van der Waals surface area (Å²) < 4.78 is 15.6. The minimum atomic E-state index is -1.75. The van der Waals surface area contributed by atoms with Crippen LogP contribution < -0.4 is 0 Å². The van der Waals surface area contributed by atoms with Crippen LogP contribution in [0.1, 0.15) is 20.3 Å². The Bertz CT molecular complexity index is 201. The smallest absolute Gasteiger partial charge is 0.0493 e.